The molecule has 7 nitrogen and oxygen atoms in total. The third-order valence-electron chi connectivity index (χ3n) is 4.95. The van der Waals surface area contributed by atoms with Crippen LogP contribution in [-0.2, 0) is 14.6 Å². The molecule has 1 amide bonds. The lowest BCUT2D eigenvalue weighted by Gasteiger charge is -2.21. The first-order chi connectivity index (χ1) is 12.5. The van der Waals surface area contributed by atoms with Crippen LogP contribution in [0.5, 0.6) is 0 Å². The summed E-state index contributed by atoms with van der Waals surface area (Å²) in [6, 6.07) is 7.99. The Kier molecular flexibility index (Phi) is 4.52. The molecule has 2 fully saturated rings. The molecule has 0 spiro atoms. The number of benzene rings is 1. The lowest BCUT2D eigenvalue weighted by Crippen LogP contribution is -2.32. The highest BCUT2D eigenvalue weighted by atomic mass is 32.2. The fraction of sp³-hybridized carbons (Fsp3) is 0.500. The minimum absolute atomic E-state index is 0.0443. The highest BCUT2D eigenvalue weighted by Crippen LogP contribution is 2.39. The lowest BCUT2D eigenvalue weighted by molar-refractivity contribution is -0.132. The number of carbonyl (C=O) groups excluding carboxylic acids is 1. The number of nitrogens with zero attached hydrogens (tertiary/aromatic N) is 3. The maximum atomic E-state index is 12.6. The number of rotatable bonds is 6. The molecule has 2 aromatic rings. The largest absolute Gasteiger partial charge is 0.337 e. The normalized spacial score (nSPS) is 20.5. The van der Waals surface area contributed by atoms with Gasteiger partial charge in [0.2, 0.25) is 11.8 Å². The van der Waals surface area contributed by atoms with Crippen LogP contribution in [0.1, 0.15) is 55.8 Å². The van der Waals surface area contributed by atoms with Gasteiger partial charge >= 0.3 is 0 Å². The molecule has 2 aliphatic rings. The number of sulfone groups is 1. The van der Waals surface area contributed by atoms with Crippen molar-refractivity contribution in [1.29, 1.82) is 0 Å². The van der Waals surface area contributed by atoms with Crippen molar-refractivity contribution < 1.29 is 17.7 Å². The summed E-state index contributed by atoms with van der Waals surface area (Å²) < 4.78 is 30.1. The number of carbonyl (C=O) groups is 1. The molecule has 0 radical (unpaired) electrons. The van der Waals surface area contributed by atoms with E-state index >= 15 is 0 Å². The van der Waals surface area contributed by atoms with Gasteiger partial charge in [-0.15, -0.1) is 0 Å². The Bertz CT molecular complexity index is 890. The number of aromatic nitrogens is 2. The van der Waals surface area contributed by atoms with Crippen molar-refractivity contribution in [2.45, 2.75) is 49.0 Å². The Morgan fingerprint density at radius 1 is 1.19 bits per heavy atom. The Morgan fingerprint density at radius 3 is 2.69 bits per heavy atom. The summed E-state index contributed by atoms with van der Waals surface area (Å²) >= 11 is 0. The van der Waals surface area contributed by atoms with E-state index in [1.807, 2.05) is 0 Å². The van der Waals surface area contributed by atoms with Gasteiger partial charge in [0.1, 0.15) is 6.04 Å². The van der Waals surface area contributed by atoms with Crippen LogP contribution < -0.4 is 0 Å². The second-order valence-corrected chi connectivity index (χ2v) is 9.00. The summed E-state index contributed by atoms with van der Waals surface area (Å²) in [5, 5.41) is 4.02. The molecule has 1 saturated heterocycles. The molecule has 8 heteroatoms. The molecule has 1 aliphatic carbocycles. The molecule has 1 unspecified atom stereocenters. The summed E-state index contributed by atoms with van der Waals surface area (Å²) in [6.45, 7) is 0.593. The molecule has 1 saturated carbocycles. The van der Waals surface area contributed by atoms with Gasteiger partial charge in [-0.2, -0.15) is 4.98 Å². The Hall–Kier alpha value is -2.22. The van der Waals surface area contributed by atoms with Gasteiger partial charge in [-0.3, -0.25) is 4.79 Å². The standard InChI is InChI=1S/C18H21N3O4S/c22-16(10-12-26(23,24)14-5-2-1-3-6-14)21-11-4-7-15(21)18-19-17(20-25-18)13-8-9-13/h1-3,5-6,13,15H,4,7-12H2. The third kappa shape index (κ3) is 3.51. The molecular weight excluding hydrogens is 354 g/mol. The van der Waals surface area contributed by atoms with Crippen molar-refractivity contribution in [1.82, 2.24) is 15.0 Å². The fourth-order valence-corrected chi connectivity index (χ4v) is 4.57. The van der Waals surface area contributed by atoms with E-state index in [1.165, 1.54) is 0 Å². The van der Waals surface area contributed by atoms with Crippen LogP contribution in [0.3, 0.4) is 0 Å². The number of amides is 1. The minimum atomic E-state index is -3.46. The number of hydrogen-bond donors (Lipinski definition) is 0. The quantitative estimate of drug-likeness (QED) is 0.770. The highest BCUT2D eigenvalue weighted by Gasteiger charge is 2.36. The summed E-state index contributed by atoms with van der Waals surface area (Å²) in [6.07, 6.45) is 3.75. The zero-order valence-corrected chi connectivity index (χ0v) is 15.2. The topological polar surface area (TPSA) is 93.4 Å². The molecule has 1 atom stereocenters. The van der Waals surface area contributed by atoms with Crippen LogP contribution in [0, 0.1) is 0 Å². The predicted molar refractivity (Wildman–Crippen MR) is 93.1 cm³/mol. The van der Waals surface area contributed by atoms with Crippen molar-refractivity contribution in [3.63, 3.8) is 0 Å². The van der Waals surface area contributed by atoms with Crippen molar-refractivity contribution in [3.8, 4) is 0 Å². The van der Waals surface area contributed by atoms with E-state index in [1.54, 1.807) is 35.2 Å². The smallest absolute Gasteiger partial charge is 0.249 e. The molecule has 1 aromatic carbocycles. The number of hydrogen-bond acceptors (Lipinski definition) is 6. The van der Waals surface area contributed by atoms with E-state index in [4.69, 9.17) is 4.52 Å². The van der Waals surface area contributed by atoms with Gasteiger partial charge in [0, 0.05) is 18.9 Å². The van der Waals surface area contributed by atoms with Crippen LogP contribution in [-0.4, -0.2) is 41.7 Å². The second kappa shape index (κ2) is 6.83. The molecule has 4 rings (SSSR count). The SMILES string of the molecule is O=C(CCS(=O)(=O)c1ccccc1)N1CCCC1c1nc(C2CC2)no1. The van der Waals surface area contributed by atoms with Gasteiger partial charge < -0.3 is 9.42 Å². The molecule has 2 heterocycles. The number of likely N-dealkylation sites (tertiary alicyclic amines) is 1. The van der Waals surface area contributed by atoms with Crippen molar-refractivity contribution in [3.05, 3.63) is 42.0 Å². The molecule has 0 bridgehead atoms. The zero-order chi connectivity index (χ0) is 18.1. The first-order valence-corrected chi connectivity index (χ1v) is 10.6. The van der Waals surface area contributed by atoms with Crippen LogP contribution >= 0.6 is 0 Å². The fourth-order valence-electron chi connectivity index (χ4n) is 3.32. The van der Waals surface area contributed by atoms with Crippen LogP contribution in [0.15, 0.2) is 39.8 Å². The van der Waals surface area contributed by atoms with Gasteiger partial charge in [-0.25, -0.2) is 8.42 Å². The van der Waals surface area contributed by atoms with Gasteiger partial charge in [0.05, 0.1) is 10.6 Å². The van der Waals surface area contributed by atoms with Gasteiger partial charge in [-0.05, 0) is 37.8 Å². The van der Waals surface area contributed by atoms with E-state index in [0.717, 1.165) is 31.5 Å². The van der Waals surface area contributed by atoms with E-state index in [0.29, 0.717) is 18.4 Å². The van der Waals surface area contributed by atoms with E-state index in [9.17, 15) is 13.2 Å². The second-order valence-electron chi connectivity index (χ2n) is 6.89. The zero-order valence-electron chi connectivity index (χ0n) is 14.4. The maximum Gasteiger partial charge on any atom is 0.249 e. The first-order valence-electron chi connectivity index (χ1n) is 8.95. The molecule has 0 N–H and O–H groups in total. The average Bonchev–Trinajstić information content (AvgIpc) is 3.19. The molecule has 138 valence electrons. The monoisotopic (exact) mass is 375 g/mol. The van der Waals surface area contributed by atoms with Crippen molar-refractivity contribution in [2.24, 2.45) is 0 Å². The third-order valence-corrected chi connectivity index (χ3v) is 6.68. The minimum Gasteiger partial charge on any atom is -0.337 e. The molecule has 26 heavy (non-hydrogen) atoms. The highest BCUT2D eigenvalue weighted by molar-refractivity contribution is 7.91. The maximum absolute atomic E-state index is 12.6. The lowest BCUT2D eigenvalue weighted by atomic mass is 10.2. The van der Waals surface area contributed by atoms with Gasteiger partial charge in [0.15, 0.2) is 15.7 Å². The average molecular weight is 375 g/mol. The van der Waals surface area contributed by atoms with Gasteiger partial charge in [-0.1, -0.05) is 23.4 Å². The molecular formula is C18H21N3O4S. The van der Waals surface area contributed by atoms with Crippen molar-refractivity contribution >= 4 is 15.7 Å². The summed E-state index contributed by atoms with van der Waals surface area (Å²) in [7, 11) is -3.46. The van der Waals surface area contributed by atoms with E-state index in [-0.39, 0.29) is 29.0 Å². The molecule has 1 aliphatic heterocycles. The Labute approximate surface area is 152 Å². The van der Waals surface area contributed by atoms with Crippen LogP contribution in [0.2, 0.25) is 0 Å². The van der Waals surface area contributed by atoms with Crippen molar-refractivity contribution in [2.75, 3.05) is 12.3 Å². The Balaban J connectivity index is 1.42. The van der Waals surface area contributed by atoms with E-state index in [2.05, 4.69) is 10.1 Å². The van der Waals surface area contributed by atoms with Crippen LogP contribution in [0.4, 0.5) is 0 Å². The van der Waals surface area contributed by atoms with E-state index < -0.39 is 9.84 Å². The summed E-state index contributed by atoms with van der Waals surface area (Å²) in [5.74, 6) is 1.22. The Morgan fingerprint density at radius 2 is 1.96 bits per heavy atom. The first kappa shape index (κ1) is 17.2. The predicted octanol–water partition coefficient (Wildman–Crippen LogP) is 2.47. The van der Waals surface area contributed by atoms with Gasteiger partial charge in [0.25, 0.3) is 0 Å². The summed E-state index contributed by atoms with van der Waals surface area (Å²) in [4.78, 5) is 19.0. The summed E-state index contributed by atoms with van der Waals surface area (Å²) in [5.41, 5.74) is 0. The molecule has 1 aromatic heterocycles. The van der Waals surface area contributed by atoms with Crippen LogP contribution in [0.25, 0.3) is 0 Å².